The van der Waals surface area contributed by atoms with E-state index >= 15 is 0 Å². The molecule has 5 nitrogen and oxygen atoms in total. The number of rotatable bonds is 7. The summed E-state index contributed by atoms with van der Waals surface area (Å²) in [6, 6.07) is 2.49. The summed E-state index contributed by atoms with van der Waals surface area (Å²) in [6.07, 6.45) is -2.60. The van der Waals surface area contributed by atoms with Crippen molar-refractivity contribution in [3.05, 3.63) is 22.2 Å². The van der Waals surface area contributed by atoms with E-state index < -0.39 is 23.1 Å². The van der Waals surface area contributed by atoms with E-state index in [1.54, 1.807) is 0 Å². The lowest BCUT2D eigenvalue weighted by Crippen LogP contribution is -2.28. The van der Waals surface area contributed by atoms with E-state index in [2.05, 4.69) is 9.46 Å². The first-order chi connectivity index (χ1) is 9.24. The second-order valence-corrected chi connectivity index (χ2v) is 6.20. The molecule has 0 aliphatic rings. The zero-order chi connectivity index (χ0) is 15.3. The van der Waals surface area contributed by atoms with Crippen LogP contribution in [0.2, 0.25) is 10.0 Å². The molecule has 20 heavy (non-hydrogen) atoms. The molecule has 0 atom stereocenters. The minimum atomic E-state index is -3.98. The fourth-order valence-corrected chi connectivity index (χ4v) is 3.57. The second kappa shape index (κ2) is 7.37. The van der Waals surface area contributed by atoms with Gasteiger partial charge in [0.05, 0.1) is 16.7 Å². The Balaban J connectivity index is 2.70. The van der Waals surface area contributed by atoms with Crippen molar-refractivity contribution < 1.29 is 21.9 Å². The SMILES string of the molecule is Nc1cc(Cl)c(S(=O)(=O)NCCOCC(F)F)c(Cl)c1. The quantitative estimate of drug-likeness (QED) is 0.584. The highest BCUT2D eigenvalue weighted by atomic mass is 35.5. The highest BCUT2D eigenvalue weighted by Gasteiger charge is 2.21. The molecule has 0 spiro atoms. The Bertz CT molecular complexity index is 547. The summed E-state index contributed by atoms with van der Waals surface area (Å²) in [6.45, 7) is -1.15. The maximum atomic E-state index is 12.0. The lowest BCUT2D eigenvalue weighted by atomic mass is 10.3. The molecule has 0 aromatic heterocycles. The van der Waals surface area contributed by atoms with E-state index in [1.807, 2.05) is 0 Å². The zero-order valence-corrected chi connectivity index (χ0v) is 12.4. The minimum Gasteiger partial charge on any atom is -0.399 e. The van der Waals surface area contributed by atoms with Gasteiger partial charge in [-0.1, -0.05) is 23.2 Å². The molecule has 0 aliphatic carbocycles. The number of nitrogens with one attached hydrogen (secondary N) is 1. The van der Waals surface area contributed by atoms with Gasteiger partial charge in [-0.2, -0.15) is 0 Å². The lowest BCUT2D eigenvalue weighted by Gasteiger charge is -2.11. The molecule has 0 bridgehead atoms. The number of benzene rings is 1. The summed E-state index contributed by atoms with van der Waals surface area (Å²) in [5.74, 6) is 0. The molecular formula is C10H12Cl2F2N2O3S. The predicted molar refractivity (Wildman–Crippen MR) is 72.9 cm³/mol. The molecule has 114 valence electrons. The van der Waals surface area contributed by atoms with Crippen LogP contribution in [-0.2, 0) is 14.8 Å². The van der Waals surface area contributed by atoms with Crippen molar-refractivity contribution in [2.24, 2.45) is 0 Å². The highest BCUT2D eigenvalue weighted by molar-refractivity contribution is 7.89. The third kappa shape index (κ3) is 5.02. The van der Waals surface area contributed by atoms with Crippen molar-refractivity contribution in [3.63, 3.8) is 0 Å². The van der Waals surface area contributed by atoms with Gasteiger partial charge >= 0.3 is 0 Å². The Hall–Kier alpha value is -0.670. The van der Waals surface area contributed by atoms with Crippen molar-refractivity contribution in [3.8, 4) is 0 Å². The van der Waals surface area contributed by atoms with Crippen LogP contribution < -0.4 is 10.5 Å². The molecule has 0 heterocycles. The number of ether oxygens (including phenoxy) is 1. The monoisotopic (exact) mass is 348 g/mol. The van der Waals surface area contributed by atoms with Gasteiger partial charge in [0.15, 0.2) is 0 Å². The van der Waals surface area contributed by atoms with E-state index in [0.717, 1.165) is 0 Å². The van der Waals surface area contributed by atoms with Gasteiger partial charge in [-0.3, -0.25) is 0 Å². The third-order valence-corrected chi connectivity index (χ3v) is 4.45. The van der Waals surface area contributed by atoms with Gasteiger partial charge in [0.2, 0.25) is 10.0 Å². The smallest absolute Gasteiger partial charge is 0.261 e. The Labute approximate surface area is 125 Å². The summed E-state index contributed by atoms with van der Waals surface area (Å²) in [7, 11) is -3.98. The summed E-state index contributed by atoms with van der Waals surface area (Å²) >= 11 is 11.6. The van der Waals surface area contributed by atoms with Crippen LogP contribution in [0.4, 0.5) is 14.5 Å². The number of hydrogen-bond donors (Lipinski definition) is 2. The van der Waals surface area contributed by atoms with Gasteiger partial charge in [-0.05, 0) is 12.1 Å². The van der Waals surface area contributed by atoms with Crippen LogP contribution in [0.25, 0.3) is 0 Å². The third-order valence-electron chi connectivity index (χ3n) is 2.07. The maximum Gasteiger partial charge on any atom is 0.261 e. The molecule has 0 unspecified atom stereocenters. The molecule has 0 radical (unpaired) electrons. The van der Waals surface area contributed by atoms with Gasteiger partial charge in [0.1, 0.15) is 11.5 Å². The Morgan fingerprint density at radius 1 is 1.30 bits per heavy atom. The van der Waals surface area contributed by atoms with E-state index in [-0.39, 0.29) is 33.8 Å². The van der Waals surface area contributed by atoms with E-state index in [4.69, 9.17) is 28.9 Å². The minimum absolute atomic E-state index is 0.129. The molecule has 1 aromatic rings. The lowest BCUT2D eigenvalue weighted by molar-refractivity contribution is 0.0199. The van der Waals surface area contributed by atoms with Gasteiger partial charge in [-0.25, -0.2) is 21.9 Å². The molecule has 0 fully saturated rings. The summed E-state index contributed by atoms with van der Waals surface area (Å²) in [4.78, 5) is -0.316. The van der Waals surface area contributed by atoms with Crippen LogP contribution in [0, 0.1) is 0 Å². The normalized spacial score (nSPS) is 12.1. The second-order valence-electron chi connectivity index (χ2n) is 3.68. The average molecular weight is 349 g/mol. The van der Waals surface area contributed by atoms with Gasteiger partial charge in [0, 0.05) is 12.2 Å². The van der Waals surface area contributed by atoms with Crippen LogP contribution in [0.5, 0.6) is 0 Å². The number of anilines is 1. The Kier molecular flexibility index (Phi) is 6.41. The maximum absolute atomic E-state index is 12.0. The largest absolute Gasteiger partial charge is 0.399 e. The van der Waals surface area contributed by atoms with Gasteiger partial charge < -0.3 is 10.5 Å². The fourth-order valence-electron chi connectivity index (χ4n) is 1.33. The van der Waals surface area contributed by atoms with Crippen LogP contribution in [-0.4, -0.2) is 34.6 Å². The summed E-state index contributed by atoms with van der Waals surface area (Å²) < 4.78 is 54.2. The predicted octanol–water partition coefficient (Wildman–Crippen LogP) is 2.14. The molecule has 0 aliphatic heterocycles. The first-order valence-corrected chi connectivity index (χ1v) is 7.58. The van der Waals surface area contributed by atoms with E-state index in [1.165, 1.54) is 12.1 Å². The molecular weight excluding hydrogens is 337 g/mol. The molecule has 0 saturated carbocycles. The molecule has 10 heteroatoms. The molecule has 1 rings (SSSR count). The Morgan fingerprint density at radius 3 is 2.35 bits per heavy atom. The number of hydrogen-bond acceptors (Lipinski definition) is 4. The fraction of sp³-hybridized carbons (Fsp3) is 0.400. The number of nitrogen functional groups attached to an aromatic ring is 1. The Morgan fingerprint density at radius 2 is 1.85 bits per heavy atom. The van der Waals surface area contributed by atoms with Crippen LogP contribution in [0.15, 0.2) is 17.0 Å². The van der Waals surface area contributed by atoms with Crippen molar-refractivity contribution in [2.45, 2.75) is 11.3 Å². The standard InChI is InChI=1S/C10H12Cl2F2N2O3S/c11-7-3-6(15)4-8(12)10(7)20(17,18)16-1-2-19-5-9(13)14/h3-4,9,16H,1-2,5,15H2. The van der Waals surface area contributed by atoms with E-state index in [0.29, 0.717) is 0 Å². The molecule has 1 aromatic carbocycles. The number of halogens is 4. The number of sulfonamides is 1. The van der Waals surface area contributed by atoms with Gasteiger partial charge in [0.25, 0.3) is 6.43 Å². The molecule has 3 N–H and O–H groups in total. The van der Waals surface area contributed by atoms with Gasteiger partial charge in [-0.15, -0.1) is 0 Å². The van der Waals surface area contributed by atoms with Crippen molar-refractivity contribution >= 4 is 38.9 Å². The number of nitrogens with two attached hydrogens (primary N) is 1. The highest BCUT2D eigenvalue weighted by Crippen LogP contribution is 2.31. The van der Waals surface area contributed by atoms with Crippen molar-refractivity contribution in [1.82, 2.24) is 4.72 Å². The van der Waals surface area contributed by atoms with E-state index in [9.17, 15) is 17.2 Å². The van der Waals surface area contributed by atoms with Crippen LogP contribution in [0.3, 0.4) is 0 Å². The van der Waals surface area contributed by atoms with Crippen LogP contribution >= 0.6 is 23.2 Å². The number of alkyl halides is 2. The average Bonchev–Trinajstić information content (AvgIpc) is 2.25. The summed E-state index contributed by atoms with van der Waals surface area (Å²) in [5, 5.41) is -0.257. The van der Waals surface area contributed by atoms with Crippen LogP contribution in [0.1, 0.15) is 0 Å². The molecule has 0 saturated heterocycles. The summed E-state index contributed by atoms with van der Waals surface area (Å²) in [5.41, 5.74) is 5.69. The first-order valence-electron chi connectivity index (χ1n) is 5.34. The van der Waals surface area contributed by atoms with Crippen molar-refractivity contribution in [1.29, 1.82) is 0 Å². The van der Waals surface area contributed by atoms with Crippen molar-refractivity contribution in [2.75, 3.05) is 25.5 Å². The molecule has 0 amide bonds. The first kappa shape index (κ1) is 17.4. The zero-order valence-electron chi connectivity index (χ0n) is 10.1. The topological polar surface area (TPSA) is 81.4 Å².